The van der Waals surface area contributed by atoms with E-state index in [0.717, 1.165) is 19.5 Å². The lowest BCUT2D eigenvalue weighted by atomic mass is 10.0. The van der Waals surface area contributed by atoms with Gasteiger partial charge < -0.3 is 20.3 Å². The molecule has 0 radical (unpaired) electrons. The monoisotopic (exact) mass is 271 g/mol. The summed E-state index contributed by atoms with van der Waals surface area (Å²) in [5.74, 6) is -0.245. The van der Waals surface area contributed by atoms with E-state index in [2.05, 4.69) is 10.6 Å². The van der Waals surface area contributed by atoms with Crippen molar-refractivity contribution >= 4 is 11.8 Å². The molecule has 0 saturated carbocycles. The summed E-state index contributed by atoms with van der Waals surface area (Å²) in [5.41, 5.74) is 0. The molecule has 1 fully saturated rings. The number of amides is 2. The topological polar surface area (TPSA) is 70.7 Å². The van der Waals surface area contributed by atoms with Gasteiger partial charge in [-0.1, -0.05) is 13.8 Å². The van der Waals surface area contributed by atoms with Crippen LogP contribution in [0.3, 0.4) is 0 Å². The van der Waals surface area contributed by atoms with E-state index >= 15 is 0 Å². The number of hydrogen-bond acceptors (Lipinski definition) is 4. The average molecular weight is 271 g/mol. The zero-order valence-electron chi connectivity index (χ0n) is 12.2. The third-order valence-corrected chi connectivity index (χ3v) is 3.45. The number of carbonyl (C=O) groups is 2. The minimum Gasteiger partial charge on any atom is -0.375 e. The summed E-state index contributed by atoms with van der Waals surface area (Å²) in [6.07, 6.45) is 0.957. The lowest BCUT2D eigenvalue weighted by Crippen LogP contribution is -2.53. The van der Waals surface area contributed by atoms with Crippen molar-refractivity contribution in [3.63, 3.8) is 0 Å². The Hall–Kier alpha value is -1.14. The van der Waals surface area contributed by atoms with Gasteiger partial charge in [-0.05, 0) is 18.9 Å². The Balaban J connectivity index is 2.63. The predicted octanol–water partition coefficient (Wildman–Crippen LogP) is -0.406. The highest BCUT2D eigenvalue weighted by Crippen LogP contribution is 2.11. The van der Waals surface area contributed by atoms with Crippen molar-refractivity contribution < 1.29 is 14.3 Å². The number of ether oxygens (including phenoxy) is 1. The molecule has 6 nitrogen and oxygen atoms in total. The van der Waals surface area contributed by atoms with Crippen molar-refractivity contribution in [1.82, 2.24) is 15.5 Å². The van der Waals surface area contributed by atoms with Gasteiger partial charge in [0.2, 0.25) is 11.8 Å². The fourth-order valence-corrected chi connectivity index (χ4v) is 2.23. The third kappa shape index (κ3) is 4.47. The first-order valence-corrected chi connectivity index (χ1v) is 6.73. The number of methoxy groups -OCH3 is 1. The largest absolute Gasteiger partial charge is 0.375 e. The quantitative estimate of drug-likeness (QED) is 0.689. The van der Waals surface area contributed by atoms with Gasteiger partial charge in [0.25, 0.3) is 0 Å². The summed E-state index contributed by atoms with van der Waals surface area (Å²) >= 11 is 0. The Labute approximate surface area is 114 Å². The Morgan fingerprint density at radius 2 is 2.16 bits per heavy atom. The van der Waals surface area contributed by atoms with Crippen LogP contribution in [0.1, 0.15) is 20.3 Å². The van der Waals surface area contributed by atoms with Crippen molar-refractivity contribution in [2.24, 2.45) is 5.92 Å². The molecule has 2 atom stereocenters. The number of nitrogens with zero attached hydrogens (tertiary/aromatic N) is 1. The highest BCUT2D eigenvalue weighted by molar-refractivity contribution is 5.88. The molecule has 2 amide bonds. The van der Waals surface area contributed by atoms with Crippen molar-refractivity contribution in [2.75, 3.05) is 33.9 Å². The van der Waals surface area contributed by atoms with Crippen LogP contribution in [-0.2, 0) is 14.3 Å². The second-order valence-corrected chi connectivity index (χ2v) is 5.32. The molecule has 19 heavy (non-hydrogen) atoms. The fraction of sp³-hybridized carbons (Fsp3) is 0.846. The van der Waals surface area contributed by atoms with E-state index < -0.39 is 6.04 Å². The highest BCUT2D eigenvalue weighted by atomic mass is 16.5. The van der Waals surface area contributed by atoms with E-state index in [1.807, 2.05) is 13.8 Å². The van der Waals surface area contributed by atoms with E-state index in [1.165, 1.54) is 7.11 Å². The van der Waals surface area contributed by atoms with Gasteiger partial charge >= 0.3 is 0 Å². The van der Waals surface area contributed by atoms with E-state index in [1.54, 1.807) is 11.9 Å². The Kier molecular flexibility index (Phi) is 6.24. The zero-order chi connectivity index (χ0) is 14.4. The standard InChI is InChI=1S/C13H25N3O3/c1-9(2)12(15-11(17)8-19-4)13(18)16(3)10-5-6-14-7-10/h9-10,12,14H,5-8H2,1-4H3,(H,15,17)/t10?,12-/m0/s1. The second kappa shape index (κ2) is 7.45. The number of carbonyl (C=O) groups excluding carboxylic acids is 2. The molecule has 1 unspecified atom stereocenters. The smallest absolute Gasteiger partial charge is 0.246 e. The molecular weight excluding hydrogens is 246 g/mol. The molecule has 6 heteroatoms. The average Bonchev–Trinajstić information content (AvgIpc) is 2.88. The lowest BCUT2D eigenvalue weighted by Gasteiger charge is -2.30. The van der Waals surface area contributed by atoms with Gasteiger partial charge in [-0.3, -0.25) is 9.59 Å². The van der Waals surface area contributed by atoms with E-state index in [9.17, 15) is 9.59 Å². The predicted molar refractivity (Wildman–Crippen MR) is 72.7 cm³/mol. The van der Waals surface area contributed by atoms with Gasteiger partial charge in [-0.2, -0.15) is 0 Å². The summed E-state index contributed by atoms with van der Waals surface area (Å²) < 4.78 is 4.78. The molecule has 0 aromatic carbocycles. The van der Waals surface area contributed by atoms with Crippen molar-refractivity contribution in [2.45, 2.75) is 32.4 Å². The SMILES string of the molecule is COCC(=O)N[C@H](C(=O)N(C)C1CCNC1)C(C)C. The van der Waals surface area contributed by atoms with Gasteiger partial charge in [0.15, 0.2) is 0 Å². The maximum atomic E-state index is 12.5. The van der Waals surface area contributed by atoms with Crippen LogP contribution >= 0.6 is 0 Å². The van der Waals surface area contributed by atoms with Crippen LogP contribution in [0.2, 0.25) is 0 Å². The second-order valence-electron chi connectivity index (χ2n) is 5.32. The summed E-state index contributed by atoms with van der Waals surface area (Å²) in [4.78, 5) is 25.8. The van der Waals surface area contributed by atoms with Gasteiger partial charge in [0.1, 0.15) is 12.6 Å². The van der Waals surface area contributed by atoms with Gasteiger partial charge in [-0.15, -0.1) is 0 Å². The number of likely N-dealkylation sites (N-methyl/N-ethyl adjacent to an activating group) is 1. The minimum absolute atomic E-state index is 0.0226. The van der Waals surface area contributed by atoms with Crippen molar-refractivity contribution in [3.05, 3.63) is 0 Å². The Bertz CT molecular complexity index is 314. The van der Waals surface area contributed by atoms with Crippen LogP contribution < -0.4 is 10.6 Å². The molecular formula is C13H25N3O3. The maximum Gasteiger partial charge on any atom is 0.246 e. The molecule has 2 N–H and O–H groups in total. The number of rotatable bonds is 6. The molecule has 1 aliphatic heterocycles. The molecule has 0 aliphatic carbocycles. The van der Waals surface area contributed by atoms with Crippen molar-refractivity contribution in [3.8, 4) is 0 Å². The summed E-state index contributed by atoms with van der Waals surface area (Å²) in [7, 11) is 3.26. The van der Waals surface area contributed by atoms with Crippen LogP contribution in [-0.4, -0.2) is 62.7 Å². The van der Waals surface area contributed by atoms with E-state index in [4.69, 9.17) is 4.74 Å². The maximum absolute atomic E-state index is 12.5. The number of hydrogen-bond donors (Lipinski definition) is 2. The van der Waals surface area contributed by atoms with Gasteiger partial charge in [0, 0.05) is 26.7 Å². The normalized spacial score (nSPS) is 20.4. The van der Waals surface area contributed by atoms with Crippen LogP contribution in [0.25, 0.3) is 0 Å². The first-order chi connectivity index (χ1) is 8.97. The molecule has 1 heterocycles. The highest BCUT2D eigenvalue weighted by Gasteiger charge is 2.31. The van der Waals surface area contributed by atoms with E-state index in [-0.39, 0.29) is 30.4 Å². The lowest BCUT2D eigenvalue weighted by molar-refractivity contribution is -0.139. The molecule has 110 valence electrons. The molecule has 0 bridgehead atoms. The van der Waals surface area contributed by atoms with Crippen molar-refractivity contribution in [1.29, 1.82) is 0 Å². The molecule has 1 saturated heterocycles. The van der Waals surface area contributed by atoms with Crippen LogP contribution in [0, 0.1) is 5.92 Å². The molecule has 0 spiro atoms. The summed E-state index contributed by atoms with van der Waals surface area (Å²) in [6, 6.07) is -0.277. The Morgan fingerprint density at radius 3 is 2.63 bits per heavy atom. The molecule has 1 aliphatic rings. The molecule has 1 rings (SSSR count). The van der Waals surface area contributed by atoms with E-state index in [0.29, 0.717) is 0 Å². The van der Waals surface area contributed by atoms with Crippen LogP contribution in [0.4, 0.5) is 0 Å². The number of nitrogens with one attached hydrogen (secondary N) is 2. The first kappa shape index (κ1) is 15.9. The third-order valence-electron chi connectivity index (χ3n) is 3.45. The van der Waals surface area contributed by atoms with Crippen LogP contribution in [0.5, 0.6) is 0 Å². The van der Waals surface area contributed by atoms with Gasteiger partial charge in [-0.25, -0.2) is 0 Å². The summed E-state index contributed by atoms with van der Waals surface area (Å²) in [6.45, 7) is 5.59. The van der Waals surface area contributed by atoms with Gasteiger partial charge in [0.05, 0.1) is 0 Å². The Morgan fingerprint density at radius 1 is 1.47 bits per heavy atom. The fourth-order valence-electron chi connectivity index (χ4n) is 2.23. The summed E-state index contributed by atoms with van der Waals surface area (Å²) in [5, 5.41) is 5.98. The zero-order valence-corrected chi connectivity index (χ0v) is 12.2. The first-order valence-electron chi connectivity index (χ1n) is 6.73. The molecule has 0 aromatic heterocycles. The molecule has 0 aromatic rings. The van der Waals surface area contributed by atoms with Crippen LogP contribution in [0.15, 0.2) is 0 Å². The minimum atomic E-state index is -0.492.